The van der Waals surface area contributed by atoms with E-state index < -0.39 is 0 Å². The van der Waals surface area contributed by atoms with E-state index in [9.17, 15) is 0 Å². The molecule has 11 heavy (non-hydrogen) atoms. The Morgan fingerprint density at radius 2 is 2.64 bits per heavy atom. The SMILES string of the molecule is N#CCc1cc(Br)nn1PI. The van der Waals surface area contributed by atoms with Crippen molar-refractivity contribution in [3.05, 3.63) is 16.4 Å². The maximum Gasteiger partial charge on any atom is 0.128 e. The molecule has 1 aromatic rings. The van der Waals surface area contributed by atoms with Crippen LogP contribution in [0.2, 0.25) is 0 Å². The molecule has 0 radical (unpaired) electrons. The van der Waals surface area contributed by atoms with Gasteiger partial charge in [0.1, 0.15) is 4.60 Å². The first-order valence-corrected chi connectivity index (χ1v) is 7.61. The third kappa shape index (κ3) is 2.39. The Labute approximate surface area is 87.6 Å². The fourth-order valence-corrected chi connectivity index (χ4v) is 2.89. The molecule has 58 valence electrons. The highest BCUT2D eigenvalue weighted by Crippen LogP contribution is 2.27. The van der Waals surface area contributed by atoms with Crippen LogP contribution in [0.5, 0.6) is 0 Å². The Kier molecular flexibility index (Phi) is 3.76. The van der Waals surface area contributed by atoms with Crippen LogP contribution in [0.1, 0.15) is 5.69 Å². The number of hydrogen-bond donors (Lipinski definition) is 0. The molecule has 0 aliphatic rings. The predicted octanol–water partition coefficient (Wildman–Crippen LogP) is 2.50. The topological polar surface area (TPSA) is 41.6 Å². The molecule has 0 saturated carbocycles. The van der Waals surface area contributed by atoms with Crippen molar-refractivity contribution in [2.24, 2.45) is 0 Å². The zero-order chi connectivity index (χ0) is 8.27. The van der Waals surface area contributed by atoms with Crippen molar-refractivity contribution < 1.29 is 0 Å². The normalized spacial score (nSPS) is 10.6. The van der Waals surface area contributed by atoms with Crippen LogP contribution in [0.25, 0.3) is 0 Å². The molecule has 0 amide bonds. The first kappa shape index (κ1) is 9.43. The average Bonchev–Trinajstić information content (AvgIpc) is 2.32. The third-order valence-corrected chi connectivity index (χ3v) is 3.40. The Bertz CT molecular complexity index is 292. The Balaban J connectivity index is 2.94. The van der Waals surface area contributed by atoms with Gasteiger partial charge >= 0.3 is 0 Å². The summed E-state index contributed by atoms with van der Waals surface area (Å²) in [4.78, 5) is 0. The first-order valence-electron chi connectivity index (χ1n) is 2.76. The maximum absolute atomic E-state index is 8.44. The second-order valence-electron chi connectivity index (χ2n) is 1.79. The number of halogens is 2. The largest absolute Gasteiger partial charge is 0.240 e. The van der Waals surface area contributed by atoms with E-state index in [-0.39, 0.29) is 0 Å². The average molecular weight is 344 g/mol. The van der Waals surface area contributed by atoms with Gasteiger partial charge in [0.2, 0.25) is 0 Å². The molecule has 0 aromatic carbocycles. The Morgan fingerprint density at radius 1 is 1.91 bits per heavy atom. The van der Waals surface area contributed by atoms with Crippen molar-refractivity contribution in [2.75, 3.05) is 0 Å². The van der Waals surface area contributed by atoms with E-state index in [0.29, 0.717) is 12.8 Å². The van der Waals surface area contributed by atoms with Crippen LogP contribution in [0.15, 0.2) is 10.7 Å². The number of hydrogen-bond acceptors (Lipinski definition) is 2. The molecule has 1 rings (SSSR count). The second kappa shape index (κ2) is 4.39. The molecule has 0 bridgehead atoms. The molecular formula is C5H4BrIN3P. The van der Waals surface area contributed by atoms with Crippen LogP contribution in [0, 0.1) is 11.3 Å². The van der Waals surface area contributed by atoms with Crippen molar-refractivity contribution in [1.82, 2.24) is 9.55 Å². The highest BCUT2D eigenvalue weighted by molar-refractivity contribution is 14.2. The van der Waals surface area contributed by atoms with E-state index in [1.165, 1.54) is 0 Å². The van der Waals surface area contributed by atoms with Crippen molar-refractivity contribution in [1.29, 1.82) is 5.26 Å². The summed E-state index contributed by atoms with van der Waals surface area (Å²) in [5.41, 5.74) is 0.965. The molecule has 0 aliphatic carbocycles. The second-order valence-corrected chi connectivity index (χ2v) is 4.64. The third-order valence-electron chi connectivity index (χ3n) is 1.09. The highest BCUT2D eigenvalue weighted by Gasteiger charge is 2.03. The van der Waals surface area contributed by atoms with Gasteiger partial charge < -0.3 is 0 Å². The van der Waals surface area contributed by atoms with Gasteiger partial charge in [-0.2, -0.15) is 10.4 Å². The molecule has 0 saturated heterocycles. The monoisotopic (exact) mass is 343 g/mol. The summed E-state index contributed by atoms with van der Waals surface area (Å²) < 4.78 is 2.63. The number of rotatable bonds is 2. The minimum Gasteiger partial charge on any atom is -0.240 e. The molecular weight excluding hydrogens is 340 g/mol. The van der Waals surface area contributed by atoms with Gasteiger partial charge in [0.05, 0.1) is 24.6 Å². The summed E-state index contributed by atoms with van der Waals surface area (Å²) in [7, 11) is 0. The molecule has 3 nitrogen and oxygen atoms in total. The Morgan fingerprint density at radius 3 is 3.18 bits per heavy atom. The van der Waals surface area contributed by atoms with E-state index in [2.05, 4.69) is 49.1 Å². The molecule has 0 spiro atoms. The van der Waals surface area contributed by atoms with E-state index in [0.717, 1.165) is 10.3 Å². The fraction of sp³-hybridized carbons (Fsp3) is 0.200. The Hall–Kier alpha value is 0.340. The van der Waals surface area contributed by atoms with Crippen LogP contribution in [0.3, 0.4) is 0 Å². The molecule has 1 heterocycles. The van der Waals surface area contributed by atoms with Crippen LogP contribution in [-0.4, -0.2) is 9.55 Å². The number of nitriles is 1. The van der Waals surface area contributed by atoms with Crippen molar-refractivity contribution in [3.63, 3.8) is 0 Å². The van der Waals surface area contributed by atoms with Crippen LogP contribution in [0.4, 0.5) is 0 Å². The lowest BCUT2D eigenvalue weighted by Gasteiger charge is -1.95. The fourth-order valence-electron chi connectivity index (χ4n) is 0.667. The molecule has 0 fully saturated rings. The smallest absolute Gasteiger partial charge is 0.128 e. The van der Waals surface area contributed by atoms with Crippen molar-refractivity contribution in [3.8, 4) is 6.07 Å². The summed E-state index contributed by atoms with van der Waals surface area (Å²) in [6.45, 7) is 0. The van der Waals surface area contributed by atoms with Gasteiger partial charge in [0.25, 0.3) is 0 Å². The van der Waals surface area contributed by atoms with Gasteiger partial charge in [0.15, 0.2) is 0 Å². The minimum absolute atomic E-state index is 0.425. The van der Waals surface area contributed by atoms with Gasteiger partial charge in [-0.05, 0) is 44.0 Å². The van der Waals surface area contributed by atoms with Gasteiger partial charge in [-0.25, -0.2) is 4.45 Å². The summed E-state index contributed by atoms with van der Waals surface area (Å²) in [6.07, 6.45) is 0.979. The molecule has 1 aromatic heterocycles. The molecule has 6 heteroatoms. The zero-order valence-electron chi connectivity index (χ0n) is 5.38. The van der Waals surface area contributed by atoms with Crippen LogP contribution < -0.4 is 0 Å². The van der Waals surface area contributed by atoms with Gasteiger partial charge in [-0.15, -0.1) is 0 Å². The van der Waals surface area contributed by atoms with Crippen molar-refractivity contribution in [2.45, 2.75) is 6.42 Å². The lowest BCUT2D eigenvalue weighted by molar-refractivity contribution is 0.935. The minimum atomic E-state index is 0.425. The maximum atomic E-state index is 8.44. The summed E-state index contributed by atoms with van der Waals surface area (Å²) in [5.74, 6) is 0. The lowest BCUT2D eigenvalue weighted by Crippen LogP contribution is -1.90. The van der Waals surface area contributed by atoms with Gasteiger partial charge in [-0.1, -0.05) is 0 Å². The van der Waals surface area contributed by atoms with E-state index >= 15 is 0 Å². The van der Waals surface area contributed by atoms with Gasteiger partial charge in [0, 0.05) is 0 Å². The number of nitrogens with zero attached hydrogens (tertiary/aromatic N) is 3. The zero-order valence-corrected chi connectivity index (χ0v) is 10.1. The summed E-state index contributed by atoms with van der Waals surface area (Å²) in [5, 5.41) is 12.6. The van der Waals surface area contributed by atoms with Gasteiger partial charge in [-0.3, -0.25) is 0 Å². The molecule has 0 aliphatic heterocycles. The van der Waals surface area contributed by atoms with Crippen LogP contribution in [-0.2, 0) is 6.42 Å². The number of aromatic nitrogens is 2. The standard InChI is InChI=1S/C5H4BrIN3P/c6-5-3-4(1-2-8)10(9-5)11-7/h3,11H,1H2. The van der Waals surface area contributed by atoms with E-state index in [4.69, 9.17) is 5.26 Å². The first-order chi connectivity index (χ1) is 5.27. The van der Waals surface area contributed by atoms with Crippen LogP contribution >= 0.6 is 44.3 Å². The predicted molar refractivity (Wildman–Crippen MR) is 57.0 cm³/mol. The molecule has 0 N–H and O–H groups in total. The summed E-state index contributed by atoms with van der Waals surface area (Å²) >= 11 is 5.48. The van der Waals surface area contributed by atoms with Crippen molar-refractivity contribution >= 4 is 44.3 Å². The highest BCUT2D eigenvalue weighted by atomic mass is 127. The van der Waals surface area contributed by atoms with E-state index in [1.807, 2.05) is 10.5 Å². The summed E-state index contributed by atoms with van der Waals surface area (Å²) in [6, 6.07) is 3.96. The lowest BCUT2D eigenvalue weighted by atomic mass is 10.3. The molecule has 1 atom stereocenters. The quantitative estimate of drug-likeness (QED) is 0.611. The van der Waals surface area contributed by atoms with E-state index in [1.54, 1.807) is 0 Å². The molecule has 1 unspecified atom stereocenters.